The molecule has 0 saturated heterocycles. The van der Waals surface area contributed by atoms with Gasteiger partial charge in [-0.15, -0.1) is 0 Å². The molecule has 1 fully saturated rings. The van der Waals surface area contributed by atoms with Crippen LogP contribution < -0.4 is 21.1 Å². The number of halogens is 1. The van der Waals surface area contributed by atoms with E-state index in [9.17, 15) is 4.79 Å². The van der Waals surface area contributed by atoms with Gasteiger partial charge in [-0.1, -0.05) is 36.9 Å². The van der Waals surface area contributed by atoms with Crippen LogP contribution in [-0.4, -0.2) is 23.5 Å². The van der Waals surface area contributed by atoms with Crippen molar-refractivity contribution in [2.24, 2.45) is 0 Å². The second-order valence-electron chi connectivity index (χ2n) is 7.76. The van der Waals surface area contributed by atoms with E-state index in [1.165, 1.54) is 0 Å². The van der Waals surface area contributed by atoms with Crippen LogP contribution in [0.2, 0.25) is 5.15 Å². The van der Waals surface area contributed by atoms with Gasteiger partial charge in [0.1, 0.15) is 5.75 Å². The molecule has 4 N–H and O–H groups in total. The van der Waals surface area contributed by atoms with Crippen LogP contribution in [0, 0.1) is 13.8 Å². The molecule has 0 spiro atoms. The van der Waals surface area contributed by atoms with Crippen LogP contribution in [0.25, 0.3) is 0 Å². The van der Waals surface area contributed by atoms with E-state index in [4.69, 9.17) is 22.1 Å². The Bertz CT molecular complexity index is 895. The lowest BCUT2D eigenvalue weighted by atomic mass is 9.80. The van der Waals surface area contributed by atoms with Crippen LogP contribution in [0.5, 0.6) is 5.75 Å². The van der Waals surface area contributed by atoms with Gasteiger partial charge in [0.25, 0.3) is 0 Å². The highest BCUT2D eigenvalue weighted by atomic mass is 35.5. The summed E-state index contributed by atoms with van der Waals surface area (Å²) in [6.45, 7) is 4.38. The molecule has 29 heavy (non-hydrogen) atoms. The Hall–Kier alpha value is -2.31. The number of pyridine rings is 1. The fourth-order valence-electron chi connectivity index (χ4n) is 3.92. The number of carbonyl (C=O) groups excluding carboxylic acids is 1. The Morgan fingerprint density at radius 3 is 2.66 bits per heavy atom. The standard InChI is InChI=1S/C22H29ClN4O2/c1-14-7-8-16(11-18(14)29-3)27-21(28)22(9-5-4-6-10-22)26-13-17-15(2)12-25-20(23)19(17)24/h7-8,11-12,26H,4-6,9-10,13,24H2,1-3H3,(H,27,28). The van der Waals surface area contributed by atoms with Gasteiger partial charge < -0.3 is 15.8 Å². The average Bonchev–Trinajstić information content (AvgIpc) is 2.73. The largest absolute Gasteiger partial charge is 0.496 e. The molecule has 1 aromatic carbocycles. The number of aromatic nitrogens is 1. The second-order valence-corrected chi connectivity index (χ2v) is 8.12. The molecule has 0 bridgehead atoms. The first kappa shape index (κ1) is 21.4. The van der Waals surface area contributed by atoms with Gasteiger partial charge in [-0.05, 0) is 49.4 Å². The van der Waals surface area contributed by atoms with Crippen molar-refractivity contribution in [1.82, 2.24) is 10.3 Å². The summed E-state index contributed by atoms with van der Waals surface area (Å²) in [6, 6.07) is 5.70. The zero-order valence-corrected chi connectivity index (χ0v) is 18.0. The lowest BCUT2D eigenvalue weighted by Gasteiger charge is -2.37. The van der Waals surface area contributed by atoms with Gasteiger partial charge in [0.2, 0.25) is 5.91 Å². The molecule has 7 heteroatoms. The fourth-order valence-corrected chi connectivity index (χ4v) is 4.08. The maximum absolute atomic E-state index is 13.3. The third-order valence-electron chi connectivity index (χ3n) is 5.81. The molecule has 2 aromatic rings. The summed E-state index contributed by atoms with van der Waals surface area (Å²) >= 11 is 6.10. The Kier molecular flexibility index (Phi) is 6.65. The van der Waals surface area contributed by atoms with Crippen LogP contribution in [-0.2, 0) is 11.3 Å². The molecular formula is C22H29ClN4O2. The summed E-state index contributed by atoms with van der Waals surface area (Å²) in [5.41, 5.74) is 9.55. The monoisotopic (exact) mass is 416 g/mol. The molecule has 0 aliphatic heterocycles. The second kappa shape index (κ2) is 9.01. The van der Waals surface area contributed by atoms with E-state index in [-0.39, 0.29) is 5.91 Å². The summed E-state index contributed by atoms with van der Waals surface area (Å²) < 4.78 is 5.38. The Labute approximate surface area is 177 Å². The van der Waals surface area contributed by atoms with E-state index in [0.29, 0.717) is 17.4 Å². The first-order valence-corrected chi connectivity index (χ1v) is 10.3. The number of nitrogens with one attached hydrogen (secondary N) is 2. The molecule has 1 aliphatic rings. The molecule has 1 amide bonds. The van der Waals surface area contributed by atoms with Gasteiger partial charge >= 0.3 is 0 Å². The Balaban J connectivity index is 1.81. The van der Waals surface area contributed by atoms with Gasteiger partial charge in [-0.3, -0.25) is 10.1 Å². The SMILES string of the molecule is COc1cc(NC(=O)C2(NCc3c(C)cnc(Cl)c3N)CCCCC2)ccc1C. The minimum Gasteiger partial charge on any atom is -0.496 e. The van der Waals surface area contributed by atoms with Crippen LogP contribution in [0.3, 0.4) is 0 Å². The highest BCUT2D eigenvalue weighted by Gasteiger charge is 2.39. The average molecular weight is 417 g/mol. The van der Waals surface area contributed by atoms with E-state index in [1.54, 1.807) is 13.3 Å². The number of nitrogens with two attached hydrogens (primary N) is 1. The quantitative estimate of drug-likeness (QED) is 0.608. The predicted octanol–water partition coefficient (Wildman–Crippen LogP) is 4.37. The van der Waals surface area contributed by atoms with E-state index in [2.05, 4.69) is 15.6 Å². The lowest BCUT2D eigenvalue weighted by Crippen LogP contribution is -2.55. The lowest BCUT2D eigenvalue weighted by molar-refractivity contribution is -0.123. The van der Waals surface area contributed by atoms with E-state index >= 15 is 0 Å². The Morgan fingerprint density at radius 1 is 1.24 bits per heavy atom. The maximum Gasteiger partial charge on any atom is 0.244 e. The first-order valence-electron chi connectivity index (χ1n) is 9.97. The zero-order valence-electron chi connectivity index (χ0n) is 17.3. The predicted molar refractivity (Wildman–Crippen MR) is 117 cm³/mol. The number of amides is 1. The highest BCUT2D eigenvalue weighted by Crippen LogP contribution is 2.32. The van der Waals surface area contributed by atoms with Crippen LogP contribution in [0.1, 0.15) is 48.8 Å². The number of hydrogen-bond acceptors (Lipinski definition) is 5. The van der Waals surface area contributed by atoms with Gasteiger partial charge in [0, 0.05) is 24.5 Å². The third kappa shape index (κ3) is 4.65. The number of aryl methyl sites for hydroxylation is 2. The highest BCUT2D eigenvalue weighted by molar-refractivity contribution is 6.32. The van der Waals surface area contributed by atoms with Gasteiger partial charge in [-0.2, -0.15) is 0 Å². The van der Waals surface area contributed by atoms with E-state index in [0.717, 1.165) is 60.2 Å². The molecule has 1 aliphatic carbocycles. The smallest absolute Gasteiger partial charge is 0.244 e. The molecule has 156 valence electrons. The van der Waals surface area contributed by atoms with Gasteiger partial charge in [-0.25, -0.2) is 4.98 Å². The van der Waals surface area contributed by atoms with Crippen LogP contribution in [0.15, 0.2) is 24.4 Å². The van der Waals surface area contributed by atoms with Crippen molar-refractivity contribution < 1.29 is 9.53 Å². The summed E-state index contributed by atoms with van der Waals surface area (Å²) in [6.07, 6.45) is 6.41. The number of benzene rings is 1. The van der Waals surface area contributed by atoms with Crippen LogP contribution >= 0.6 is 11.6 Å². The number of methoxy groups -OCH3 is 1. The summed E-state index contributed by atoms with van der Waals surface area (Å²) in [4.78, 5) is 17.4. The van der Waals surface area contributed by atoms with Crippen molar-refractivity contribution >= 4 is 28.9 Å². The van der Waals surface area contributed by atoms with Crippen molar-refractivity contribution in [3.8, 4) is 5.75 Å². The number of hydrogen-bond donors (Lipinski definition) is 3. The molecule has 0 atom stereocenters. The number of nitrogens with zero attached hydrogens (tertiary/aromatic N) is 1. The summed E-state index contributed by atoms with van der Waals surface area (Å²) in [5.74, 6) is 0.725. The van der Waals surface area contributed by atoms with Crippen molar-refractivity contribution in [2.75, 3.05) is 18.2 Å². The van der Waals surface area contributed by atoms with Gasteiger partial charge in [0.05, 0.1) is 18.3 Å². The fraction of sp³-hybridized carbons (Fsp3) is 0.455. The molecular weight excluding hydrogens is 388 g/mol. The normalized spacial score (nSPS) is 15.7. The topological polar surface area (TPSA) is 89.3 Å². The van der Waals surface area contributed by atoms with Crippen LogP contribution in [0.4, 0.5) is 11.4 Å². The van der Waals surface area contributed by atoms with E-state index in [1.807, 2.05) is 32.0 Å². The molecule has 0 radical (unpaired) electrons. The molecule has 0 unspecified atom stereocenters. The molecule has 6 nitrogen and oxygen atoms in total. The van der Waals surface area contributed by atoms with Crippen molar-refractivity contribution in [2.45, 2.75) is 58.0 Å². The molecule has 1 saturated carbocycles. The van der Waals surface area contributed by atoms with Gasteiger partial charge in [0.15, 0.2) is 5.15 Å². The molecule has 3 rings (SSSR count). The van der Waals surface area contributed by atoms with E-state index < -0.39 is 5.54 Å². The third-order valence-corrected chi connectivity index (χ3v) is 6.11. The summed E-state index contributed by atoms with van der Waals surface area (Å²) in [5, 5.41) is 6.88. The maximum atomic E-state index is 13.3. The number of rotatable bonds is 6. The Morgan fingerprint density at radius 2 is 1.97 bits per heavy atom. The molecule has 1 aromatic heterocycles. The number of carbonyl (C=O) groups is 1. The summed E-state index contributed by atoms with van der Waals surface area (Å²) in [7, 11) is 1.63. The van der Waals surface area contributed by atoms with Crippen molar-refractivity contribution in [3.05, 3.63) is 46.2 Å². The minimum absolute atomic E-state index is 0.0283. The number of anilines is 2. The number of ether oxygens (including phenoxy) is 1. The minimum atomic E-state index is -0.648. The first-order chi connectivity index (χ1) is 13.9. The zero-order chi connectivity index (χ0) is 21.0. The number of nitrogen functional groups attached to an aromatic ring is 1. The van der Waals surface area contributed by atoms with Crippen molar-refractivity contribution in [3.63, 3.8) is 0 Å². The molecule has 1 heterocycles. The van der Waals surface area contributed by atoms with Crippen molar-refractivity contribution in [1.29, 1.82) is 0 Å².